The molecule has 7 heteroatoms. The van der Waals surface area contributed by atoms with Gasteiger partial charge < -0.3 is 4.74 Å². The number of aromatic nitrogens is 2. The lowest BCUT2D eigenvalue weighted by Crippen LogP contribution is -2.27. The van der Waals surface area contributed by atoms with Crippen LogP contribution in [0.4, 0.5) is 4.39 Å². The number of carbonyl (C=O) groups excluding carboxylic acids is 1. The number of thiophene rings is 1. The van der Waals surface area contributed by atoms with Crippen LogP contribution >= 0.6 is 11.3 Å². The first-order valence-electron chi connectivity index (χ1n) is 8.46. The van der Waals surface area contributed by atoms with Crippen LogP contribution in [0.1, 0.15) is 39.3 Å². The Bertz CT molecular complexity index is 1070. The third kappa shape index (κ3) is 2.82. The molecule has 0 amide bonds. The van der Waals surface area contributed by atoms with Crippen LogP contribution < -0.4 is 5.56 Å². The highest BCUT2D eigenvalue weighted by Gasteiger charge is 2.23. The minimum Gasteiger partial charge on any atom is -0.465 e. The number of hydrogen-bond acceptors (Lipinski definition) is 5. The SMILES string of the molecule is COC(=O)c1sc2cccc(F)c2c1Cn1nc2c(cc1=O)CCCC2. The number of rotatable bonds is 3. The molecule has 3 aromatic rings. The van der Waals surface area contributed by atoms with Gasteiger partial charge in [-0.15, -0.1) is 11.3 Å². The molecule has 0 unspecified atom stereocenters. The molecule has 2 heterocycles. The van der Waals surface area contributed by atoms with Crippen LogP contribution in [0.2, 0.25) is 0 Å². The molecule has 0 N–H and O–H groups in total. The molecule has 1 aromatic carbocycles. The van der Waals surface area contributed by atoms with Crippen LogP contribution in [-0.2, 0) is 24.1 Å². The number of halogens is 1. The van der Waals surface area contributed by atoms with Gasteiger partial charge >= 0.3 is 5.97 Å². The average Bonchev–Trinajstić information content (AvgIpc) is 3.01. The van der Waals surface area contributed by atoms with Gasteiger partial charge in [-0.2, -0.15) is 5.10 Å². The van der Waals surface area contributed by atoms with E-state index in [1.165, 1.54) is 29.2 Å². The molecule has 0 spiro atoms. The van der Waals surface area contributed by atoms with Gasteiger partial charge in [0.05, 0.1) is 19.3 Å². The third-order valence-electron chi connectivity index (χ3n) is 4.72. The van der Waals surface area contributed by atoms with Crippen molar-refractivity contribution in [3.8, 4) is 0 Å². The molecule has 2 aromatic heterocycles. The molecule has 134 valence electrons. The zero-order valence-electron chi connectivity index (χ0n) is 14.3. The van der Waals surface area contributed by atoms with Crippen molar-refractivity contribution in [2.45, 2.75) is 32.2 Å². The Morgan fingerprint density at radius 2 is 2.15 bits per heavy atom. The summed E-state index contributed by atoms with van der Waals surface area (Å²) in [5.74, 6) is -0.957. The molecular weight excluding hydrogens is 355 g/mol. The average molecular weight is 372 g/mol. The Morgan fingerprint density at radius 1 is 1.35 bits per heavy atom. The van der Waals surface area contributed by atoms with Crippen molar-refractivity contribution < 1.29 is 13.9 Å². The Kier molecular flexibility index (Phi) is 4.32. The van der Waals surface area contributed by atoms with Gasteiger partial charge in [-0.05, 0) is 43.4 Å². The Labute approximate surface area is 153 Å². The van der Waals surface area contributed by atoms with Crippen LogP contribution in [0, 0.1) is 5.82 Å². The number of methoxy groups -OCH3 is 1. The van der Waals surface area contributed by atoms with Gasteiger partial charge in [0.1, 0.15) is 10.7 Å². The van der Waals surface area contributed by atoms with Gasteiger partial charge in [0, 0.05) is 21.7 Å². The number of nitrogens with zero attached hydrogens (tertiary/aromatic N) is 2. The summed E-state index contributed by atoms with van der Waals surface area (Å²) in [6, 6.07) is 6.32. The van der Waals surface area contributed by atoms with Crippen LogP contribution in [-0.4, -0.2) is 22.9 Å². The first-order valence-corrected chi connectivity index (χ1v) is 9.28. The monoisotopic (exact) mass is 372 g/mol. The van der Waals surface area contributed by atoms with Crippen molar-refractivity contribution in [3.05, 3.63) is 62.1 Å². The van der Waals surface area contributed by atoms with E-state index in [-0.39, 0.29) is 12.1 Å². The zero-order valence-corrected chi connectivity index (χ0v) is 15.1. The molecule has 0 fully saturated rings. The fourth-order valence-electron chi connectivity index (χ4n) is 3.44. The molecule has 0 radical (unpaired) electrons. The maximum atomic E-state index is 14.5. The molecule has 0 saturated heterocycles. The van der Waals surface area contributed by atoms with Crippen LogP contribution in [0.3, 0.4) is 0 Å². The van der Waals surface area contributed by atoms with E-state index in [1.54, 1.807) is 18.2 Å². The number of ether oxygens (including phenoxy) is 1. The molecule has 1 aliphatic carbocycles. The molecular formula is C19H17FN2O3S. The maximum absolute atomic E-state index is 14.5. The predicted octanol–water partition coefficient (Wildman–Crippen LogP) is 3.31. The lowest BCUT2D eigenvalue weighted by Gasteiger charge is -2.16. The van der Waals surface area contributed by atoms with Gasteiger partial charge in [0.25, 0.3) is 5.56 Å². The van der Waals surface area contributed by atoms with E-state index >= 15 is 0 Å². The van der Waals surface area contributed by atoms with Gasteiger partial charge in [-0.1, -0.05) is 6.07 Å². The summed E-state index contributed by atoms with van der Waals surface area (Å²) in [6.07, 6.45) is 3.80. The van der Waals surface area contributed by atoms with Gasteiger partial charge in [0.2, 0.25) is 0 Å². The second-order valence-electron chi connectivity index (χ2n) is 6.33. The van der Waals surface area contributed by atoms with Crippen molar-refractivity contribution in [1.82, 2.24) is 9.78 Å². The molecule has 26 heavy (non-hydrogen) atoms. The summed E-state index contributed by atoms with van der Waals surface area (Å²) in [7, 11) is 1.29. The van der Waals surface area contributed by atoms with Crippen molar-refractivity contribution in [2.24, 2.45) is 0 Å². The summed E-state index contributed by atoms with van der Waals surface area (Å²) in [5.41, 5.74) is 2.11. The van der Waals surface area contributed by atoms with Crippen LogP contribution in [0.5, 0.6) is 0 Å². The van der Waals surface area contributed by atoms with Crippen molar-refractivity contribution in [2.75, 3.05) is 7.11 Å². The number of aryl methyl sites for hydroxylation is 2. The molecule has 1 aliphatic rings. The largest absolute Gasteiger partial charge is 0.465 e. The van der Waals surface area contributed by atoms with Crippen LogP contribution in [0.15, 0.2) is 29.1 Å². The second kappa shape index (κ2) is 6.64. The van der Waals surface area contributed by atoms with E-state index in [1.807, 2.05) is 0 Å². The third-order valence-corrected chi connectivity index (χ3v) is 5.89. The van der Waals surface area contributed by atoms with E-state index in [0.717, 1.165) is 36.9 Å². The molecule has 0 saturated carbocycles. The molecule has 0 bridgehead atoms. The van der Waals surface area contributed by atoms with Crippen molar-refractivity contribution in [1.29, 1.82) is 0 Å². The Hall–Kier alpha value is -2.54. The molecule has 0 aliphatic heterocycles. The fraction of sp³-hybridized carbons (Fsp3) is 0.316. The van der Waals surface area contributed by atoms with Gasteiger partial charge in [-0.3, -0.25) is 4.79 Å². The van der Waals surface area contributed by atoms with E-state index in [4.69, 9.17) is 4.74 Å². The quantitative estimate of drug-likeness (QED) is 0.662. The summed E-state index contributed by atoms with van der Waals surface area (Å²) < 4.78 is 21.3. The summed E-state index contributed by atoms with van der Waals surface area (Å²) >= 11 is 1.17. The highest BCUT2D eigenvalue weighted by atomic mass is 32.1. The Balaban J connectivity index is 1.87. The zero-order chi connectivity index (χ0) is 18.3. The topological polar surface area (TPSA) is 61.2 Å². The predicted molar refractivity (Wildman–Crippen MR) is 97.4 cm³/mol. The lowest BCUT2D eigenvalue weighted by atomic mass is 9.97. The fourth-order valence-corrected chi connectivity index (χ4v) is 4.59. The standard InChI is InChI=1S/C19H17FN2O3S/c1-25-19(24)18-12(17-13(20)6-4-8-15(17)26-18)10-22-16(23)9-11-5-2-3-7-14(11)21-22/h4,6,8-9H,2-3,5,7,10H2,1H3. The van der Waals surface area contributed by atoms with E-state index in [9.17, 15) is 14.0 Å². The molecule has 0 atom stereocenters. The normalized spacial score (nSPS) is 13.6. The van der Waals surface area contributed by atoms with Gasteiger partial charge in [0.15, 0.2) is 0 Å². The number of benzene rings is 1. The number of esters is 1. The van der Waals surface area contributed by atoms with E-state index in [0.29, 0.717) is 20.5 Å². The van der Waals surface area contributed by atoms with Crippen molar-refractivity contribution >= 4 is 27.4 Å². The minimum absolute atomic E-state index is 0.0392. The lowest BCUT2D eigenvalue weighted by molar-refractivity contribution is 0.0605. The molecule has 4 rings (SSSR count). The minimum atomic E-state index is -0.536. The Morgan fingerprint density at radius 3 is 2.96 bits per heavy atom. The van der Waals surface area contributed by atoms with E-state index in [2.05, 4.69) is 5.10 Å². The molecule has 5 nitrogen and oxygen atoms in total. The van der Waals surface area contributed by atoms with Crippen molar-refractivity contribution in [3.63, 3.8) is 0 Å². The summed E-state index contributed by atoms with van der Waals surface area (Å²) in [6.45, 7) is 0.0392. The number of hydrogen-bond donors (Lipinski definition) is 0. The number of carbonyl (C=O) groups is 1. The first-order chi connectivity index (χ1) is 12.6. The first kappa shape index (κ1) is 16.9. The summed E-state index contributed by atoms with van der Waals surface area (Å²) in [5, 5.41) is 4.84. The smallest absolute Gasteiger partial charge is 0.348 e. The second-order valence-corrected chi connectivity index (χ2v) is 7.39. The number of fused-ring (bicyclic) bond motifs is 2. The van der Waals surface area contributed by atoms with E-state index < -0.39 is 11.8 Å². The maximum Gasteiger partial charge on any atom is 0.348 e. The van der Waals surface area contributed by atoms with Gasteiger partial charge in [-0.25, -0.2) is 13.9 Å². The summed E-state index contributed by atoms with van der Waals surface area (Å²) in [4.78, 5) is 25.0. The highest BCUT2D eigenvalue weighted by molar-refractivity contribution is 7.21. The van der Waals surface area contributed by atoms with Crippen LogP contribution in [0.25, 0.3) is 10.1 Å². The highest BCUT2D eigenvalue weighted by Crippen LogP contribution is 2.34.